The van der Waals surface area contributed by atoms with Crippen LogP contribution >= 0.6 is 0 Å². The number of benzene rings is 2. The minimum Gasteiger partial charge on any atom is -0.508 e. The second-order valence-corrected chi connectivity index (χ2v) is 6.54. The van der Waals surface area contributed by atoms with Gasteiger partial charge in [0.1, 0.15) is 11.5 Å². The average molecular weight is 293 g/mol. The van der Waals surface area contributed by atoms with E-state index in [-0.39, 0.29) is 10.6 Å². The van der Waals surface area contributed by atoms with Gasteiger partial charge in [-0.25, -0.2) is 8.42 Å². The van der Waals surface area contributed by atoms with Crippen LogP contribution in [0.5, 0.6) is 17.2 Å². The summed E-state index contributed by atoms with van der Waals surface area (Å²) < 4.78 is 28.3. The molecule has 3 N–H and O–H groups in total. The third-order valence-corrected chi connectivity index (χ3v) is 3.94. The van der Waals surface area contributed by atoms with Crippen LogP contribution in [0.3, 0.4) is 0 Å². The van der Waals surface area contributed by atoms with E-state index in [0.717, 1.165) is 6.26 Å². The highest BCUT2D eigenvalue weighted by Gasteiger charge is 2.09. The lowest BCUT2D eigenvalue weighted by atomic mass is 10.2. The number of ether oxygens (including phenoxy) is 1. The van der Waals surface area contributed by atoms with Crippen LogP contribution in [0.25, 0.3) is 0 Å². The molecular formula is C14H15NO4S. The molecule has 0 bridgehead atoms. The quantitative estimate of drug-likeness (QED) is 0.670. The van der Waals surface area contributed by atoms with Crippen LogP contribution in [-0.2, 0) is 9.84 Å². The number of sulfone groups is 1. The van der Waals surface area contributed by atoms with Gasteiger partial charge in [-0.05, 0) is 42.8 Å². The monoisotopic (exact) mass is 293 g/mol. The van der Waals surface area contributed by atoms with Gasteiger partial charge in [0, 0.05) is 12.3 Å². The largest absolute Gasteiger partial charge is 0.508 e. The van der Waals surface area contributed by atoms with Crippen LogP contribution in [0.15, 0.2) is 41.3 Å². The lowest BCUT2D eigenvalue weighted by molar-refractivity contribution is 0.456. The zero-order chi connectivity index (χ0) is 14.9. The molecule has 0 fully saturated rings. The molecule has 0 saturated carbocycles. The van der Waals surface area contributed by atoms with Crippen molar-refractivity contribution in [3.8, 4) is 17.2 Å². The first-order valence-electron chi connectivity index (χ1n) is 5.84. The molecule has 0 aliphatic carbocycles. The number of hydrogen-bond donors (Lipinski definition) is 2. The second kappa shape index (κ2) is 5.05. The molecule has 106 valence electrons. The summed E-state index contributed by atoms with van der Waals surface area (Å²) in [5.74, 6) is 0.822. The van der Waals surface area contributed by atoms with Gasteiger partial charge in [0.2, 0.25) is 0 Å². The van der Waals surface area contributed by atoms with E-state index in [4.69, 9.17) is 10.5 Å². The molecule has 20 heavy (non-hydrogen) atoms. The Morgan fingerprint density at radius 1 is 1.15 bits per heavy atom. The first kappa shape index (κ1) is 14.2. The topological polar surface area (TPSA) is 89.6 Å². The highest BCUT2D eigenvalue weighted by molar-refractivity contribution is 7.90. The molecule has 0 amide bonds. The number of hydrogen-bond acceptors (Lipinski definition) is 5. The van der Waals surface area contributed by atoms with Crippen molar-refractivity contribution in [3.05, 3.63) is 42.0 Å². The van der Waals surface area contributed by atoms with Crippen LogP contribution in [0.1, 0.15) is 5.56 Å². The fraction of sp³-hybridized carbons (Fsp3) is 0.143. The van der Waals surface area contributed by atoms with Gasteiger partial charge in [0.05, 0.1) is 10.6 Å². The van der Waals surface area contributed by atoms with Gasteiger partial charge in [0.25, 0.3) is 0 Å². The summed E-state index contributed by atoms with van der Waals surface area (Å²) in [5.41, 5.74) is 6.99. The van der Waals surface area contributed by atoms with Crippen molar-refractivity contribution in [1.29, 1.82) is 0 Å². The Hall–Kier alpha value is -2.21. The maximum absolute atomic E-state index is 11.4. The van der Waals surface area contributed by atoms with Crippen molar-refractivity contribution in [3.63, 3.8) is 0 Å². The molecule has 2 aromatic rings. The average Bonchev–Trinajstić information content (AvgIpc) is 2.35. The van der Waals surface area contributed by atoms with Crippen LogP contribution in [0.4, 0.5) is 5.69 Å². The van der Waals surface area contributed by atoms with E-state index in [1.165, 1.54) is 36.4 Å². The summed E-state index contributed by atoms with van der Waals surface area (Å²) in [6.07, 6.45) is 1.14. The van der Waals surface area contributed by atoms with E-state index >= 15 is 0 Å². The third kappa shape index (κ3) is 3.03. The third-order valence-electron chi connectivity index (χ3n) is 2.81. The van der Waals surface area contributed by atoms with E-state index in [2.05, 4.69) is 0 Å². The second-order valence-electron chi connectivity index (χ2n) is 4.52. The van der Waals surface area contributed by atoms with Crippen molar-refractivity contribution in [2.24, 2.45) is 0 Å². The Bertz CT molecular complexity index is 737. The Morgan fingerprint density at radius 2 is 1.75 bits per heavy atom. The number of nitrogen functional groups attached to an aromatic ring is 1. The molecule has 0 aliphatic heterocycles. The molecule has 0 saturated heterocycles. The summed E-state index contributed by atoms with van der Waals surface area (Å²) in [7, 11) is -3.23. The minimum absolute atomic E-state index is 0.0551. The van der Waals surface area contributed by atoms with Crippen molar-refractivity contribution in [2.75, 3.05) is 12.0 Å². The smallest absolute Gasteiger partial charge is 0.175 e. The van der Waals surface area contributed by atoms with Gasteiger partial charge in [-0.2, -0.15) is 0 Å². The summed E-state index contributed by atoms with van der Waals surface area (Å²) >= 11 is 0. The van der Waals surface area contributed by atoms with Crippen LogP contribution < -0.4 is 10.5 Å². The Kier molecular flexibility index (Phi) is 3.59. The van der Waals surface area contributed by atoms with Crippen LogP contribution in [0, 0.1) is 6.92 Å². The summed E-state index contributed by atoms with van der Waals surface area (Å²) in [4.78, 5) is 0.213. The number of aromatic hydroxyl groups is 1. The van der Waals surface area contributed by atoms with Crippen molar-refractivity contribution >= 4 is 15.5 Å². The standard InChI is InChI=1S/C14H15NO4S/c1-9-7-10(16)8-13(14(9)15)19-11-3-5-12(6-4-11)20(2,17)18/h3-8,16H,15H2,1-2H3. The molecule has 0 atom stereocenters. The first-order valence-corrected chi connectivity index (χ1v) is 7.73. The number of aryl methyl sites for hydroxylation is 1. The fourth-order valence-electron chi connectivity index (χ4n) is 1.71. The Morgan fingerprint density at radius 3 is 2.30 bits per heavy atom. The molecule has 2 rings (SSSR count). The molecule has 6 heteroatoms. The van der Waals surface area contributed by atoms with E-state index in [1.54, 1.807) is 6.92 Å². The summed E-state index contributed by atoms with van der Waals surface area (Å²) in [6, 6.07) is 8.93. The molecule has 0 spiro atoms. The van der Waals surface area contributed by atoms with Gasteiger partial charge in [0.15, 0.2) is 15.6 Å². The normalized spacial score (nSPS) is 11.3. The lowest BCUT2D eigenvalue weighted by Gasteiger charge is -2.11. The maximum atomic E-state index is 11.4. The lowest BCUT2D eigenvalue weighted by Crippen LogP contribution is -1.97. The van der Waals surface area contributed by atoms with E-state index in [9.17, 15) is 13.5 Å². The molecule has 5 nitrogen and oxygen atoms in total. The Balaban J connectivity index is 2.32. The van der Waals surface area contributed by atoms with Crippen LogP contribution in [0.2, 0.25) is 0 Å². The predicted octanol–water partition coefficient (Wildman–Crippen LogP) is 2.48. The fourth-order valence-corrected chi connectivity index (χ4v) is 2.34. The van der Waals surface area contributed by atoms with Crippen molar-refractivity contribution in [2.45, 2.75) is 11.8 Å². The highest BCUT2D eigenvalue weighted by atomic mass is 32.2. The summed E-state index contributed by atoms with van der Waals surface area (Å²) in [5, 5.41) is 9.53. The number of rotatable bonds is 3. The molecule has 0 aromatic heterocycles. The molecule has 0 radical (unpaired) electrons. The van der Waals surface area contributed by atoms with Gasteiger partial charge >= 0.3 is 0 Å². The van der Waals surface area contributed by atoms with E-state index in [0.29, 0.717) is 22.7 Å². The number of nitrogens with two attached hydrogens (primary N) is 1. The summed E-state index contributed by atoms with van der Waals surface area (Å²) in [6.45, 7) is 1.76. The highest BCUT2D eigenvalue weighted by Crippen LogP contribution is 2.33. The predicted molar refractivity (Wildman–Crippen MR) is 76.9 cm³/mol. The molecule has 0 heterocycles. The van der Waals surface area contributed by atoms with E-state index in [1.807, 2.05) is 0 Å². The van der Waals surface area contributed by atoms with Crippen LogP contribution in [-0.4, -0.2) is 19.8 Å². The first-order chi connectivity index (χ1) is 9.27. The maximum Gasteiger partial charge on any atom is 0.175 e. The van der Waals surface area contributed by atoms with Gasteiger partial charge in [-0.15, -0.1) is 0 Å². The molecule has 2 aromatic carbocycles. The number of anilines is 1. The van der Waals surface area contributed by atoms with Crippen molar-refractivity contribution in [1.82, 2.24) is 0 Å². The zero-order valence-corrected chi connectivity index (χ0v) is 11.9. The van der Waals surface area contributed by atoms with Crippen molar-refractivity contribution < 1.29 is 18.3 Å². The molecular weight excluding hydrogens is 278 g/mol. The zero-order valence-electron chi connectivity index (χ0n) is 11.1. The molecule has 0 unspecified atom stereocenters. The van der Waals surface area contributed by atoms with Gasteiger partial charge in [-0.1, -0.05) is 0 Å². The number of phenolic OH excluding ortho intramolecular Hbond substituents is 1. The number of phenols is 1. The minimum atomic E-state index is -3.23. The van der Waals surface area contributed by atoms with Gasteiger partial charge < -0.3 is 15.6 Å². The Labute approximate surface area is 117 Å². The van der Waals surface area contributed by atoms with Gasteiger partial charge in [-0.3, -0.25) is 0 Å². The SMILES string of the molecule is Cc1cc(O)cc(Oc2ccc(S(C)(=O)=O)cc2)c1N. The van der Waals surface area contributed by atoms with E-state index < -0.39 is 9.84 Å². The molecule has 0 aliphatic rings.